The van der Waals surface area contributed by atoms with Gasteiger partial charge in [-0.25, -0.2) is 0 Å². The molecule has 2 N–H and O–H groups in total. The Morgan fingerprint density at radius 1 is 1.00 bits per heavy atom. The summed E-state index contributed by atoms with van der Waals surface area (Å²) in [6.45, 7) is 9.30. The van der Waals surface area contributed by atoms with E-state index in [2.05, 4.69) is 0 Å². The van der Waals surface area contributed by atoms with E-state index in [1.165, 1.54) is 0 Å². The number of aliphatic carboxylic acids is 1. The second-order valence-corrected chi connectivity index (χ2v) is 6.51. The molecule has 128 valence electrons. The Morgan fingerprint density at radius 2 is 1.50 bits per heavy atom. The number of rotatable bonds is 5. The standard InChI is InChI=1S/C20H24O4/c1-11-9-17(10-12(2)18(11)21)24-19-13(3)6-16(7-14(19)4)8-15(5)20(22)23/h6-7,9-10,15,21H,8H2,1-5H3,(H,22,23). The number of carbonyl (C=O) groups is 1. The predicted molar refractivity (Wildman–Crippen MR) is 94.1 cm³/mol. The van der Waals surface area contributed by atoms with Gasteiger partial charge in [-0.2, -0.15) is 0 Å². The van der Waals surface area contributed by atoms with E-state index >= 15 is 0 Å². The van der Waals surface area contributed by atoms with Crippen molar-refractivity contribution in [3.05, 3.63) is 52.1 Å². The lowest BCUT2D eigenvalue weighted by Crippen LogP contribution is -2.12. The zero-order chi connectivity index (χ0) is 18.0. The monoisotopic (exact) mass is 328 g/mol. The van der Waals surface area contributed by atoms with Crippen LogP contribution in [0, 0.1) is 33.6 Å². The minimum absolute atomic E-state index is 0.286. The van der Waals surface area contributed by atoms with Gasteiger partial charge in [0.05, 0.1) is 5.92 Å². The molecule has 2 rings (SSSR count). The summed E-state index contributed by atoms with van der Waals surface area (Å²) in [5, 5.41) is 18.9. The smallest absolute Gasteiger partial charge is 0.306 e. The predicted octanol–water partition coefficient (Wildman–Crippen LogP) is 4.68. The molecule has 0 aliphatic rings. The van der Waals surface area contributed by atoms with Crippen LogP contribution in [0.3, 0.4) is 0 Å². The Kier molecular flexibility index (Phi) is 5.17. The van der Waals surface area contributed by atoms with E-state index < -0.39 is 11.9 Å². The van der Waals surface area contributed by atoms with Crippen molar-refractivity contribution in [1.82, 2.24) is 0 Å². The Balaban J connectivity index is 2.30. The van der Waals surface area contributed by atoms with Gasteiger partial charge < -0.3 is 14.9 Å². The molecule has 4 heteroatoms. The number of hydrogen-bond donors (Lipinski definition) is 2. The molecule has 1 unspecified atom stereocenters. The number of phenolic OH excluding ortho intramolecular Hbond substituents is 1. The Morgan fingerprint density at radius 3 is 1.96 bits per heavy atom. The van der Waals surface area contributed by atoms with Crippen LogP contribution in [0.4, 0.5) is 0 Å². The fourth-order valence-electron chi connectivity index (χ4n) is 2.85. The van der Waals surface area contributed by atoms with E-state index in [9.17, 15) is 9.90 Å². The lowest BCUT2D eigenvalue weighted by Gasteiger charge is -2.16. The summed E-state index contributed by atoms with van der Waals surface area (Å²) in [5.41, 5.74) is 4.46. The van der Waals surface area contributed by atoms with Gasteiger partial charge in [0.25, 0.3) is 0 Å². The largest absolute Gasteiger partial charge is 0.507 e. The van der Waals surface area contributed by atoms with Gasteiger partial charge in [0.15, 0.2) is 0 Å². The summed E-state index contributed by atoms with van der Waals surface area (Å²) in [6.07, 6.45) is 0.495. The van der Waals surface area contributed by atoms with E-state index in [1.54, 1.807) is 6.92 Å². The van der Waals surface area contributed by atoms with Crippen LogP contribution in [-0.2, 0) is 11.2 Å². The molecule has 0 spiro atoms. The molecule has 0 amide bonds. The molecule has 0 radical (unpaired) electrons. The minimum atomic E-state index is -0.791. The van der Waals surface area contributed by atoms with E-state index in [0.717, 1.165) is 33.6 Å². The maximum absolute atomic E-state index is 11.0. The molecule has 2 aromatic rings. The third-order valence-electron chi connectivity index (χ3n) is 4.17. The SMILES string of the molecule is Cc1cc(Oc2c(C)cc(CC(C)C(=O)O)cc2C)cc(C)c1O. The molecule has 0 aliphatic heterocycles. The molecule has 0 bridgehead atoms. The molecular formula is C20H24O4. The molecule has 1 atom stereocenters. The number of aryl methyl sites for hydroxylation is 4. The van der Waals surface area contributed by atoms with Gasteiger partial charge in [-0.3, -0.25) is 4.79 Å². The number of ether oxygens (including phenoxy) is 1. The summed E-state index contributed by atoms with van der Waals surface area (Å²) in [4.78, 5) is 11.0. The van der Waals surface area contributed by atoms with Crippen LogP contribution in [0.2, 0.25) is 0 Å². The van der Waals surface area contributed by atoms with Gasteiger partial charge in [-0.1, -0.05) is 19.1 Å². The first-order chi connectivity index (χ1) is 11.2. The lowest BCUT2D eigenvalue weighted by atomic mass is 9.97. The number of benzene rings is 2. The number of aromatic hydroxyl groups is 1. The number of hydrogen-bond acceptors (Lipinski definition) is 3. The van der Waals surface area contributed by atoms with Crippen LogP contribution in [0.1, 0.15) is 34.7 Å². The van der Waals surface area contributed by atoms with Gasteiger partial charge in [0.1, 0.15) is 17.2 Å². The fraction of sp³-hybridized carbons (Fsp3) is 0.350. The summed E-state index contributed by atoms with van der Waals surface area (Å²) in [5.74, 6) is 0.527. The molecule has 2 aromatic carbocycles. The summed E-state index contributed by atoms with van der Waals surface area (Å²) >= 11 is 0. The molecule has 0 fully saturated rings. The van der Waals surface area contributed by atoms with Crippen molar-refractivity contribution in [3.8, 4) is 17.2 Å². The highest BCUT2D eigenvalue weighted by Crippen LogP contribution is 2.34. The quantitative estimate of drug-likeness (QED) is 0.836. The lowest BCUT2D eigenvalue weighted by molar-refractivity contribution is -0.141. The summed E-state index contributed by atoms with van der Waals surface area (Å²) in [6, 6.07) is 7.56. The van der Waals surface area contributed by atoms with Crippen molar-refractivity contribution in [2.75, 3.05) is 0 Å². The van der Waals surface area contributed by atoms with Crippen LogP contribution in [0.25, 0.3) is 0 Å². The van der Waals surface area contributed by atoms with Crippen molar-refractivity contribution in [2.45, 2.75) is 41.0 Å². The highest BCUT2D eigenvalue weighted by Gasteiger charge is 2.15. The first-order valence-electron chi connectivity index (χ1n) is 8.00. The van der Waals surface area contributed by atoms with Crippen LogP contribution in [-0.4, -0.2) is 16.2 Å². The normalized spacial score (nSPS) is 12.0. The van der Waals surface area contributed by atoms with Gasteiger partial charge >= 0.3 is 5.97 Å². The highest BCUT2D eigenvalue weighted by atomic mass is 16.5. The van der Waals surface area contributed by atoms with Crippen LogP contribution < -0.4 is 4.74 Å². The van der Waals surface area contributed by atoms with Gasteiger partial charge in [-0.15, -0.1) is 0 Å². The van der Waals surface area contributed by atoms with Crippen molar-refractivity contribution in [1.29, 1.82) is 0 Å². The van der Waals surface area contributed by atoms with E-state index in [0.29, 0.717) is 12.2 Å². The Labute approximate surface area is 142 Å². The number of phenols is 1. The third kappa shape index (κ3) is 3.88. The molecule has 0 aromatic heterocycles. The van der Waals surface area contributed by atoms with Gasteiger partial charge in [0.2, 0.25) is 0 Å². The molecule has 24 heavy (non-hydrogen) atoms. The van der Waals surface area contributed by atoms with Crippen molar-refractivity contribution in [3.63, 3.8) is 0 Å². The average molecular weight is 328 g/mol. The van der Waals surface area contributed by atoms with E-state index in [1.807, 2.05) is 52.0 Å². The summed E-state index contributed by atoms with van der Waals surface area (Å²) in [7, 11) is 0. The van der Waals surface area contributed by atoms with E-state index in [-0.39, 0.29) is 5.75 Å². The maximum atomic E-state index is 11.0. The zero-order valence-corrected chi connectivity index (χ0v) is 14.8. The summed E-state index contributed by atoms with van der Waals surface area (Å²) < 4.78 is 6.04. The van der Waals surface area contributed by atoms with E-state index in [4.69, 9.17) is 9.84 Å². The van der Waals surface area contributed by atoms with Crippen molar-refractivity contribution >= 4 is 5.97 Å². The minimum Gasteiger partial charge on any atom is -0.507 e. The van der Waals surface area contributed by atoms with Crippen LogP contribution >= 0.6 is 0 Å². The second-order valence-electron chi connectivity index (χ2n) is 6.51. The molecule has 0 aliphatic carbocycles. The maximum Gasteiger partial charge on any atom is 0.306 e. The van der Waals surface area contributed by atoms with Gasteiger partial charge in [-0.05, 0) is 74.1 Å². The molecule has 0 heterocycles. The second kappa shape index (κ2) is 6.95. The number of carboxylic acids is 1. The highest BCUT2D eigenvalue weighted by molar-refractivity contribution is 5.70. The van der Waals surface area contributed by atoms with Crippen molar-refractivity contribution in [2.24, 2.45) is 5.92 Å². The first-order valence-corrected chi connectivity index (χ1v) is 8.00. The Bertz CT molecular complexity index is 731. The topological polar surface area (TPSA) is 66.8 Å². The first kappa shape index (κ1) is 17.9. The average Bonchev–Trinajstić information content (AvgIpc) is 2.48. The number of carboxylic acid groups (broad SMARTS) is 1. The van der Waals surface area contributed by atoms with Crippen molar-refractivity contribution < 1.29 is 19.7 Å². The molecule has 4 nitrogen and oxygen atoms in total. The fourth-order valence-corrected chi connectivity index (χ4v) is 2.85. The van der Waals surface area contributed by atoms with Gasteiger partial charge in [0, 0.05) is 0 Å². The third-order valence-corrected chi connectivity index (χ3v) is 4.17. The molecule has 0 saturated heterocycles. The zero-order valence-electron chi connectivity index (χ0n) is 14.8. The van der Waals surface area contributed by atoms with Crippen LogP contribution in [0.5, 0.6) is 17.2 Å². The molecular weight excluding hydrogens is 304 g/mol. The Hall–Kier alpha value is -2.49. The molecule has 0 saturated carbocycles. The van der Waals surface area contributed by atoms with Crippen LogP contribution in [0.15, 0.2) is 24.3 Å².